The summed E-state index contributed by atoms with van der Waals surface area (Å²) in [5.74, 6) is 1.25. The molecule has 0 aliphatic heterocycles. The van der Waals surface area contributed by atoms with E-state index in [1.165, 1.54) is 5.56 Å². The molecule has 0 saturated carbocycles. The van der Waals surface area contributed by atoms with E-state index in [0.29, 0.717) is 0 Å². The molecule has 2 rings (SSSR count). The van der Waals surface area contributed by atoms with Crippen LogP contribution in [-0.2, 0) is 12.8 Å². The number of rotatable bonds is 6. The summed E-state index contributed by atoms with van der Waals surface area (Å²) < 4.78 is 5.13. The lowest BCUT2D eigenvalue weighted by Crippen LogP contribution is -2.12. The van der Waals surface area contributed by atoms with Gasteiger partial charge in [-0.25, -0.2) is 0 Å². The highest BCUT2D eigenvalue weighted by molar-refractivity contribution is 5.29. The summed E-state index contributed by atoms with van der Waals surface area (Å²) in [4.78, 5) is 0. The molecule has 2 aromatic rings. The maximum Gasteiger partial charge on any atom is 0.118 e. The molecule has 0 aliphatic rings. The molecular weight excluding hydrogens is 252 g/mol. The second-order valence-electron chi connectivity index (χ2n) is 4.97. The molecule has 0 fully saturated rings. The van der Waals surface area contributed by atoms with E-state index in [1.807, 2.05) is 36.4 Å². The number of aromatic hydroxyl groups is 1. The predicted octanol–water partition coefficient (Wildman–Crippen LogP) is 2.79. The lowest BCUT2D eigenvalue weighted by atomic mass is 9.93. The van der Waals surface area contributed by atoms with E-state index < -0.39 is 0 Å². The van der Waals surface area contributed by atoms with Crippen LogP contribution in [0.15, 0.2) is 48.5 Å². The summed E-state index contributed by atoms with van der Waals surface area (Å²) >= 11 is 0. The third-order valence-electron chi connectivity index (χ3n) is 3.38. The average Bonchev–Trinajstić information content (AvgIpc) is 2.47. The van der Waals surface area contributed by atoms with Gasteiger partial charge < -0.3 is 14.9 Å². The van der Waals surface area contributed by atoms with E-state index in [4.69, 9.17) is 4.74 Å². The Labute approximate surface area is 119 Å². The highest BCUT2D eigenvalue weighted by Gasteiger charge is 2.10. The first-order valence-corrected chi connectivity index (χ1v) is 6.73. The minimum atomic E-state index is 0.127. The monoisotopic (exact) mass is 272 g/mol. The largest absolute Gasteiger partial charge is 0.508 e. The Balaban J connectivity index is 2.01. The van der Waals surface area contributed by atoms with Crippen LogP contribution in [0.1, 0.15) is 11.1 Å². The van der Waals surface area contributed by atoms with Crippen LogP contribution in [0.2, 0.25) is 0 Å². The van der Waals surface area contributed by atoms with E-state index in [2.05, 4.69) is 0 Å². The zero-order valence-electron chi connectivity index (χ0n) is 11.6. The zero-order valence-corrected chi connectivity index (χ0v) is 11.6. The Hall–Kier alpha value is -2.00. The molecule has 3 heteroatoms. The highest BCUT2D eigenvalue weighted by Crippen LogP contribution is 2.19. The minimum absolute atomic E-state index is 0.127. The molecule has 2 N–H and O–H groups in total. The Bertz CT molecular complexity index is 534. The van der Waals surface area contributed by atoms with Crippen LogP contribution in [0, 0.1) is 5.92 Å². The van der Waals surface area contributed by atoms with Crippen molar-refractivity contribution in [2.24, 2.45) is 5.92 Å². The van der Waals surface area contributed by atoms with Crippen LogP contribution in [-0.4, -0.2) is 23.9 Å². The normalized spacial score (nSPS) is 12.1. The van der Waals surface area contributed by atoms with Gasteiger partial charge in [-0.15, -0.1) is 0 Å². The van der Waals surface area contributed by atoms with Crippen LogP contribution in [0.25, 0.3) is 0 Å². The fourth-order valence-electron chi connectivity index (χ4n) is 2.31. The maximum atomic E-state index is 9.53. The van der Waals surface area contributed by atoms with Crippen molar-refractivity contribution in [2.45, 2.75) is 12.8 Å². The van der Waals surface area contributed by atoms with Crippen molar-refractivity contribution >= 4 is 0 Å². The Kier molecular flexibility index (Phi) is 5.02. The zero-order chi connectivity index (χ0) is 14.4. The fourth-order valence-corrected chi connectivity index (χ4v) is 2.31. The van der Waals surface area contributed by atoms with E-state index in [1.54, 1.807) is 19.2 Å². The number of hydrogen-bond acceptors (Lipinski definition) is 3. The van der Waals surface area contributed by atoms with E-state index in [0.717, 1.165) is 24.2 Å². The molecule has 1 unspecified atom stereocenters. The molecule has 20 heavy (non-hydrogen) atoms. The topological polar surface area (TPSA) is 49.7 Å². The van der Waals surface area contributed by atoms with Crippen molar-refractivity contribution in [2.75, 3.05) is 13.7 Å². The minimum Gasteiger partial charge on any atom is -0.508 e. The van der Waals surface area contributed by atoms with Crippen molar-refractivity contribution in [1.82, 2.24) is 0 Å². The number of ether oxygens (including phenoxy) is 1. The molecule has 0 amide bonds. The average molecular weight is 272 g/mol. The second-order valence-corrected chi connectivity index (χ2v) is 4.97. The third-order valence-corrected chi connectivity index (χ3v) is 3.38. The molecule has 2 aromatic carbocycles. The molecular formula is C17H20O3. The first-order valence-electron chi connectivity index (χ1n) is 6.73. The summed E-state index contributed by atoms with van der Waals surface area (Å²) in [7, 11) is 1.65. The van der Waals surface area contributed by atoms with Crippen LogP contribution in [0.3, 0.4) is 0 Å². The molecule has 0 heterocycles. The molecule has 0 aliphatic carbocycles. The number of aliphatic hydroxyl groups excluding tert-OH is 1. The SMILES string of the molecule is COc1ccc(CC(CO)Cc2cccc(O)c2)cc1. The molecule has 0 aromatic heterocycles. The number of hydrogen-bond donors (Lipinski definition) is 2. The van der Waals surface area contributed by atoms with Crippen LogP contribution >= 0.6 is 0 Å². The van der Waals surface area contributed by atoms with Crippen molar-refractivity contribution in [3.8, 4) is 11.5 Å². The lowest BCUT2D eigenvalue weighted by molar-refractivity contribution is 0.225. The van der Waals surface area contributed by atoms with E-state index >= 15 is 0 Å². The number of phenols is 1. The Morgan fingerprint density at radius 2 is 1.70 bits per heavy atom. The van der Waals surface area contributed by atoms with Gasteiger partial charge >= 0.3 is 0 Å². The van der Waals surface area contributed by atoms with Crippen molar-refractivity contribution in [3.63, 3.8) is 0 Å². The van der Waals surface area contributed by atoms with Gasteiger partial charge in [-0.3, -0.25) is 0 Å². The van der Waals surface area contributed by atoms with Gasteiger partial charge in [0.15, 0.2) is 0 Å². The van der Waals surface area contributed by atoms with Gasteiger partial charge in [0.05, 0.1) is 7.11 Å². The molecule has 1 atom stereocenters. The van der Waals surface area contributed by atoms with Crippen molar-refractivity contribution < 1.29 is 14.9 Å². The predicted molar refractivity (Wildman–Crippen MR) is 79.1 cm³/mol. The lowest BCUT2D eigenvalue weighted by Gasteiger charge is -2.15. The van der Waals surface area contributed by atoms with Gasteiger partial charge in [-0.2, -0.15) is 0 Å². The molecule has 0 radical (unpaired) electrons. The first-order chi connectivity index (χ1) is 9.71. The summed E-state index contributed by atoms with van der Waals surface area (Å²) in [6, 6.07) is 15.1. The van der Waals surface area contributed by atoms with Gasteiger partial charge in [0, 0.05) is 6.61 Å². The molecule has 3 nitrogen and oxygen atoms in total. The Morgan fingerprint density at radius 3 is 2.30 bits per heavy atom. The quantitative estimate of drug-likeness (QED) is 0.850. The van der Waals surface area contributed by atoms with Crippen LogP contribution in [0.5, 0.6) is 11.5 Å². The smallest absolute Gasteiger partial charge is 0.118 e. The molecule has 106 valence electrons. The number of methoxy groups -OCH3 is 1. The fraction of sp³-hybridized carbons (Fsp3) is 0.294. The van der Waals surface area contributed by atoms with E-state index in [9.17, 15) is 10.2 Å². The second kappa shape index (κ2) is 6.96. The molecule has 0 bridgehead atoms. The van der Waals surface area contributed by atoms with Crippen LogP contribution in [0.4, 0.5) is 0 Å². The molecule has 0 saturated heterocycles. The van der Waals surface area contributed by atoms with Gasteiger partial charge in [0.2, 0.25) is 0 Å². The summed E-state index contributed by atoms with van der Waals surface area (Å²) in [6.45, 7) is 0.127. The number of aliphatic hydroxyl groups is 1. The first kappa shape index (κ1) is 14.4. The summed E-state index contributed by atoms with van der Waals surface area (Å²) in [5, 5.41) is 19.0. The third kappa shape index (κ3) is 4.00. The van der Waals surface area contributed by atoms with Crippen molar-refractivity contribution in [1.29, 1.82) is 0 Å². The number of benzene rings is 2. The van der Waals surface area contributed by atoms with Gasteiger partial charge in [-0.1, -0.05) is 24.3 Å². The Morgan fingerprint density at radius 1 is 1.00 bits per heavy atom. The molecule has 0 spiro atoms. The standard InChI is InChI=1S/C17H20O3/c1-20-17-7-5-13(6-8-17)9-15(12-18)10-14-3-2-4-16(19)11-14/h2-8,11,15,18-19H,9-10,12H2,1H3. The summed E-state index contributed by atoms with van der Waals surface area (Å²) in [6.07, 6.45) is 1.55. The maximum absolute atomic E-state index is 9.53. The highest BCUT2D eigenvalue weighted by atomic mass is 16.5. The number of phenolic OH excluding ortho intramolecular Hbond substituents is 1. The van der Waals surface area contributed by atoms with Gasteiger partial charge in [0.25, 0.3) is 0 Å². The van der Waals surface area contributed by atoms with Crippen LogP contribution < -0.4 is 4.74 Å². The van der Waals surface area contributed by atoms with Gasteiger partial charge in [-0.05, 0) is 54.2 Å². The van der Waals surface area contributed by atoms with Gasteiger partial charge in [0.1, 0.15) is 11.5 Å². The summed E-state index contributed by atoms with van der Waals surface area (Å²) in [5.41, 5.74) is 2.21. The van der Waals surface area contributed by atoms with Crippen molar-refractivity contribution in [3.05, 3.63) is 59.7 Å². The van der Waals surface area contributed by atoms with E-state index in [-0.39, 0.29) is 18.3 Å².